The molecule has 1 saturated heterocycles. The number of hydrogen-bond acceptors (Lipinski definition) is 5. The minimum atomic E-state index is -0.133. The summed E-state index contributed by atoms with van der Waals surface area (Å²) >= 11 is 7.64. The van der Waals surface area contributed by atoms with Crippen LogP contribution in [0.2, 0.25) is 4.34 Å². The molecule has 0 radical (unpaired) electrons. The summed E-state index contributed by atoms with van der Waals surface area (Å²) in [5.41, 5.74) is 3.39. The zero-order valence-electron chi connectivity index (χ0n) is 16.9. The predicted octanol–water partition coefficient (Wildman–Crippen LogP) is 5.54. The van der Waals surface area contributed by atoms with Gasteiger partial charge in [-0.05, 0) is 49.2 Å². The number of anilines is 2. The lowest BCUT2D eigenvalue weighted by Crippen LogP contribution is -2.36. The number of likely N-dealkylation sites (tertiary alicyclic amines) is 1. The quantitative estimate of drug-likeness (QED) is 0.537. The first-order valence-electron chi connectivity index (χ1n) is 9.97. The lowest BCUT2D eigenvalue weighted by atomic mass is 9.81. The van der Waals surface area contributed by atoms with Crippen LogP contribution in [0.1, 0.15) is 24.5 Å². The van der Waals surface area contributed by atoms with Gasteiger partial charge in [-0.15, -0.1) is 0 Å². The number of aryl methyl sites for hydroxylation is 1. The third-order valence-electron chi connectivity index (χ3n) is 6.04. The van der Waals surface area contributed by atoms with E-state index in [-0.39, 0.29) is 11.3 Å². The molecule has 30 heavy (non-hydrogen) atoms. The van der Waals surface area contributed by atoms with Crippen molar-refractivity contribution in [1.82, 2.24) is 9.88 Å². The van der Waals surface area contributed by atoms with E-state index in [4.69, 9.17) is 16.3 Å². The van der Waals surface area contributed by atoms with Crippen LogP contribution >= 0.6 is 22.9 Å². The number of ether oxygens (including phenoxy) is 1. The molecule has 1 amide bonds. The molecule has 0 aliphatic carbocycles. The van der Waals surface area contributed by atoms with Crippen LogP contribution in [-0.4, -0.2) is 35.4 Å². The highest BCUT2D eigenvalue weighted by molar-refractivity contribution is 7.19. The molecule has 5 rings (SSSR count). The summed E-state index contributed by atoms with van der Waals surface area (Å²) in [5.74, 6) is 1.74. The molecule has 154 valence electrons. The van der Waals surface area contributed by atoms with E-state index in [1.807, 2.05) is 35.2 Å². The molecule has 3 heterocycles. The predicted molar refractivity (Wildman–Crippen MR) is 120 cm³/mol. The molecule has 2 aromatic carbocycles. The number of halogens is 1. The van der Waals surface area contributed by atoms with Crippen molar-refractivity contribution >= 4 is 39.7 Å². The number of hydrogen-bond donors (Lipinski definition) is 0. The molecule has 5 nitrogen and oxygen atoms in total. The van der Waals surface area contributed by atoms with E-state index in [1.54, 1.807) is 13.1 Å². The molecule has 1 aromatic heterocycles. The summed E-state index contributed by atoms with van der Waals surface area (Å²) in [6.07, 6.45) is 2.61. The molecule has 3 aromatic rings. The van der Waals surface area contributed by atoms with Crippen molar-refractivity contribution in [3.8, 4) is 11.5 Å². The molecule has 1 atom stereocenters. The zero-order valence-corrected chi connectivity index (χ0v) is 18.5. The summed E-state index contributed by atoms with van der Waals surface area (Å²) in [5, 5.41) is 0.881. The number of nitrogens with zero attached hydrogens (tertiary/aromatic N) is 3. The monoisotopic (exact) mass is 439 g/mol. The third kappa shape index (κ3) is 3.34. The van der Waals surface area contributed by atoms with Crippen LogP contribution in [0.3, 0.4) is 0 Å². The second-order valence-corrected chi connectivity index (χ2v) is 9.74. The van der Waals surface area contributed by atoms with Gasteiger partial charge in [0, 0.05) is 37.7 Å². The summed E-state index contributed by atoms with van der Waals surface area (Å²) in [6, 6.07) is 14.3. The molecule has 1 unspecified atom stereocenters. The van der Waals surface area contributed by atoms with Crippen LogP contribution in [0.4, 0.5) is 10.8 Å². The second kappa shape index (κ2) is 7.29. The van der Waals surface area contributed by atoms with Gasteiger partial charge in [-0.3, -0.25) is 4.79 Å². The molecule has 2 aliphatic rings. The molecular weight excluding hydrogens is 418 g/mol. The van der Waals surface area contributed by atoms with Crippen molar-refractivity contribution in [2.45, 2.75) is 25.7 Å². The molecule has 1 spiro atoms. The van der Waals surface area contributed by atoms with Crippen LogP contribution in [0.5, 0.6) is 11.5 Å². The van der Waals surface area contributed by atoms with Gasteiger partial charge < -0.3 is 14.5 Å². The summed E-state index contributed by atoms with van der Waals surface area (Å²) < 4.78 is 6.82. The molecule has 0 bridgehead atoms. The summed E-state index contributed by atoms with van der Waals surface area (Å²) in [6.45, 7) is 5.96. The van der Waals surface area contributed by atoms with E-state index >= 15 is 0 Å². The van der Waals surface area contributed by atoms with Crippen molar-refractivity contribution in [3.63, 3.8) is 0 Å². The average molecular weight is 440 g/mol. The lowest BCUT2D eigenvalue weighted by Gasteiger charge is -2.25. The first-order chi connectivity index (χ1) is 14.4. The number of benzene rings is 2. The summed E-state index contributed by atoms with van der Waals surface area (Å²) in [7, 11) is 0. The number of amides is 1. The maximum atomic E-state index is 12.0. The SMILES string of the molecule is CC(=O)N1CCC2(C1)CN(c1ncc(Cl)s1)c1ccc(Oc3ccc(C)cc3)cc12. The zero-order chi connectivity index (χ0) is 20.9. The minimum absolute atomic E-state index is 0.122. The molecule has 2 aliphatic heterocycles. The van der Waals surface area contributed by atoms with E-state index in [0.717, 1.165) is 41.8 Å². The number of fused-ring (bicyclic) bond motifs is 2. The Morgan fingerprint density at radius 1 is 1.17 bits per heavy atom. The van der Waals surface area contributed by atoms with Gasteiger partial charge in [-0.2, -0.15) is 0 Å². The molecule has 7 heteroatoms. The Hall–Kier alpha value is -2.57. The second-order valence-electron chi connectivity index (χ2n) is 8.10. The fraction of sp³-hybridized carbons (Fsp3) is 0.304. The van der Waals surface area contributed by atoms with Crippen molar-refractivity contribution in [3.05, 3.63) is 64.1 Å². The van der Waals surface area contributed by atoms with Gasteiger partial charge in [0.05, 0.1) is 6.20 Å². The van der Waals surface area contributed by atoms with Crippen LogP contribution < -0.4 is 9.64 Å². The molecular formula is C23H22ClN3O2S. The first kappa shape index (κ1) is 19.4. The molecule has 0 saturated carbocycles. The van der Waals surface area contributed by atoms with Crippen molar-refractivity contribution < 1.29 is 9.53 Å². The Morgan fingerprint density at radius 2 is 1.93 bits per heavy atom. The van der Waals surface area contributed by atoms with Gasteiger partial charge in [0.1, 0.15) is 15.8 Å². The standard InChI is InChI=1S/C23H22ClN3O2S/c1-15-3-5-17(6-4-15)29-18-7-8-20-19(11-18)23(9-10-26(13-23)16(2)28)14-27(20)22-25-12-21(24)30-22/h3-8,11-12H,9-10,13-14H2,1-2H3. The number of rotatable bonds is 3. The van der Waals surface area contributed by atoms with Crippen molar-refractivity contribution in [1.29, 1.82) is 0 Å². The van der Waals surface area contributed by atoms with Gasteiger partial charge in [0.15, 0.2) is 5.13 Å². The maximum Gasteiger partial charge on any atom is 0.219 e. The minimum Gasteiger partial charge on any atom is -0.457 e. The average Bonchev–Trinajstić information content (AvgIpc) is 3.43. The van der Waals surface area contributed by atoms with E-state index in [0.29, 0.717) is 10.9 Å². The Morgan fingerprint density at radius 3 is 2.60 bits per heavy atom. The Labute approximate surface area is 184 Å². The normalized spacial score (nSPS) is 20.1. The van der Waals surface area contributed by atoms with Crippen LogP contribution in [0.25, 0.3) is 0 Å². The third-order valence-corrected chi connectivity index (χ3v) is 7.18. The lowest BCUT2D eigenvalue weighted by molar-refractivity contribution is -0.127. The number of carbonyl (C=O) groups is 1. The Kier molecular flexibility index (Phi) is 4.71. The Balaban J connectivity index is 1.54. The fourth-order valence-corrected chi connectivity index (χ4v) is 5.40. The fourth-order valence-electron chi connectivity index (χ4n) is 4.49. The van der Waals surface area contributed by atoms with E-state index in [9.17, 15) is 4.79 Å². The van der Waals surface area contributed by atoms with E-state index < -0.39 is 0 Å². The van der Waals surface area contributed by atoms with Gasteiger partial charge in [0.2, 0.25) is 5.91 Å². The molecule has 0 N–H and O–H groups in total. The first-order valence-corrected chi connectivity index (χ1v) is 11.2. The largest absolute Gasteiger partial charge is 0.457 e. The van der Waals surface area contributed by atoms with E-state index in [2.05, 4.69) is 28.9 Å². The van der Waals surface area contributed by atoms with Crippen LogP contribution in [-0.2, 0) is 10.2 Å². The number of carbonyl (C=O) groups excluding carboxylic acids is 1. The topological polar surface area (TPSA) is 45.7 Å². The number of aromatic nitrogens is 1. The van der Waals surface area contributed by atoms with Crippen LogP contribution in [0.15, 0.2) is 48.7 Å². The summed E-state index contributed by atoms with van der Waals surface area (Å²) in [4.78, 5) is 20.7. The highest BCUT2D eigenvalue weighted by Gasteiger charge is 2.49. The van der Waals surface area contributed by atoms with Crippen molar-refractivity contribution in [2.24, 2.45) is 0 Å². The Bertz CT molecular complexity index is 1110. The number of thiazole rings is 1. The van der Waals surface area contributed by atoms with Crippen LogP contribution in [0, 0.1) is 6.92 Å². The smallest absolute Gasteiger partial charge is 0.219 e. The van der Waals surface area contributed by atoms with Crippen molar-refractivity contribution in [2.75, 3.05) is 24.5 Å². The maximum absolute atomic E-state index is 12.0. The van der Waals surface area contributed by atoms with E-state index in [1.165, 1.54) is 22.5 Å². The molecule has 1 fully saturated rings. The van der Waals surface area contributed by atoms with Gasteiger partial charge >= 0.3 is 0 Å². The highest BCUT2D eigenvalue weighted by atomic mass is 35.5. The van der Waals surface area contributed by atoms with Gasteiger partial charge in [0.25, 0.3) is 0 Å². The van der Waals surface area contributed by atoms with Gasteiger partial charge in [-0.25, -0.2) is 4.98 Å². The van der Waals surface area contributed by atoms with Gasteiger partial charge in [-0.1, -0.05) is 40.6 Å². The highest BCUT2D eigenvalue weighted by Crippen LogP contribution is 2.51.